The number of ether oxygens (including phenoxy) is 2. The second-order valence-corrected chi connectivity index (χ2v) is 6.51. The maximum atomic E-state index is 12.7. The number of nitrogens with one attached hydrogen (secondary N) is 2. The van der Waals surface area contributed by atoms with Crippen molar-refractivity contribution < 1.29 is 19.1 Å². The molecule has 0 radical (unpaired) electrons. The average Bonchev–Trinajstić information content (AvgIpc) is 2.72. The lowest BCUT2D eigenvalue weighted by Gasteiger charge is -2.19. The molecule has 2 N–H and O–H groups in total. The summed E-state index contributed by atoms with van der Waals surface area (Å²) >= 11 is 0. The Bertz CT molecular complexity index is 789. The molecule has 2 rings (SSSR count). The Labute approximate surface area is 166 Å². The highest BCUT2D eigenvalue weighted by atomic mass is 16.5. The molecule has 150 valence electrons. The first-order valence-electron chi connectivity index (χ1n) is 9.49. The van der Waals surface area contributed by atoms with Gasteiger partial charge in [-0.3, -0.25) is 9.59 Å². The van der Waals surface area contributed by atoms with Gasteiger partial charge < -0.3 is 20.1 Å². The van der Waals surface area contributed by atoms with Crippen LogP contribution >= 0.6 is 0 Å². The van der Waals surface area contributed by atoms with Gasteiger partial charge in [0.15, 0.2) is 6.10 Å². The van der Waals surface area contributed by atoms with Crippen molar-refractivity contribution in [2.24, 2.45) is 0 Å². The third-order valence-corrected chi connectivity index (χ3v) is 4.42. The fourth-order valence-electron chi connectivity index (χ4n) is 2.55. The Hall–Kier alpha value is -3.02. The van der Waals surface area contributed by atoms with Crippen molar-refractivity contribution in [3.05, 3.63) is 54.1 Å². The first kappa shape index (κ1) is 21.3. The molecular weight excluding hydrogens is 356 g/mol. The maximum absolute atomic E-state index is 12.7. The number of carbonyl (C=O) groups excluding carboxylic acids is 2. The minimum Gasteiger partial charge on any atom is -0.497 e. The third-order valence-electron chi connectivity index (χ3n) is 4.42. The van der Waals surface area contributed by atoms with Gasteiger partial charge in [0.05, 0.1) is 18.4 Å². The molecule has 0 spiro atoms. The zero-order chi connectivity index (χ0) is 20.5. The molecule has 0 unspecified atom stereocenters. The summed E-state index contributed by atoms with van der Waals surface area (Å²) in [6.45, 7) is 5.81. The summed E-state index contributed by atoms with van der Waals surface area (Å²) in [4.78, 5) is 25.2. The Morgan fingerprint density at radius 2 is 1.61 bits per heavy atom. The van der Waals surface area contributed by atoms with Gasteiger partial charge in [0.1, 0.15) is 11.5 Å². The van der Waals surface area contributed by atoms with Crippen LogP contribution in [0.4, 0.5) is 5.69 Å². The maximum Gasteiger partial charge on any atom is 0.265 e. The van der Waals surface area contributed by atoms with Crippen LogP contribution in [0, 0.1) is 0 Å². The van der Waals surface area contributed by atoms with Gasteiger partial charge in [-0.05, 0) is 56.2 Å². The van der Waals surface area contributed by atoms with Crippen molar-refractivity contribution in [2.45, 2.75) is 45.8 Å². The van der Waals surface area contributed by atoms with Crippen LogP contribution in [0.2, 0.25) is 0 Å². The number of hydrogen-bond acceptors (Lipinski definition) is 4. The molecule has 2 aromatic carbocycles. The summed E-state index contributed by atoms with van der Waals surface area (Å²) in [5, 5.41) is 5.75. The standard InChI is InChI=1S/C22H28N2O4/c1-5-15(3)23-21(25)18-9-7-8-10-19(18)24-22(26)20(6-2)28-17-13-11-16(27-4)12-14-17/h7-15,20H,5-6H2,1-4H3,(H,23,25)(H,24,26)/t15-,20+/m0/s1. The van der Waals surface area contributed by atoms with Crippen molar-refractivity contribution in [1.82, 2.24) is 5.32 Å². The molecule has 0 saturated carbocycles. The number of anilines is 1. The van der Waals surface area contributed by atoms with E-state index in [2.05, 4.69) is 10.6 Å². The van der Waals surface area contributed by atoms with Gasteiger partial charge in [-0.2, -0.15) is 0 Å². The number of hydrogen-bond donors (Lipinski definition) is 2. The van der Waals surface area contributed by atoms with Crippen molar-refractivity contribution in [1.29, 1.82) is 0 Å². The normalized spacial score (nSPS) is 12.6. The van der Waals surface area contributed by atoms with E-state index in [0.29, 0.717) is 29.2 Å². The van der Waals surface area contributed by atoms with Crippen LogP contribution in [0.5, 0.6) is 11.5 Å². The molecule has 0 aliphatic heterocycles. The van der Waals surface area contributed by atoms with Crippen LogP contribution in [0.3, 0.4) is 0 Å². The average molecular weight is 384 g/mol. The molecule has 0 saturated heterocycles. The van der Waals surface area contributed by atoms with Crippen LogP contribution in [0.15, 0.2) is 48.5 Å². The molecule has 6 heteroatoms. The Balaban J connectivity index is 2.10. The zero-order valence-electron chi connectivity index (χ0n) is 16.8. The molecule has 0 aromatic heterocycles. The number of benzene rings is 2. The Morgan fingerprint density at radius 1 is 0.964 bits per heavy atom. The minimum atomic E-state index is -0.681. The molecule has 2 amide bonds. The molecule has 2 aromatic rings. The quantitative estimate of drug-likeness (QED) is 0.685. The van der Waals surface area contributed by atoms with Crippen LogP contribution in [0.1, 0.15) is 44.0 Å². The van der Waals surface area contributed by atoms with Crippen molar-refractivity contribution in [2.75, 3.05) is 12.4 Å². The highest BCUT2D eigenvalue weighted by Crippen LogP contribution is 2.21. The number of amides is 2. The van der Waals surface area contributed by atoms with Gasteiger partial charge in [0.2, 0.25) is 0 Å². The van der Waals surface area contributed by atoms with E-state index in [-0.39, 0.29) is 17.9 Å². The zero-order valence-corrected chi connectivity index (χ0v) is 16.8. The van der Waals surface area contributed by atoms with Crippen molar-refractivity contribution >= 4 is 17.5 Å². The van der Waals surface area contributed by atoms with E-state index in [1.807, 2.05) is 20.8 Å². The Morgan fingerprint density at radius 3 is 2.21 bits per heavy atom. The SMILES string of the molecule is CC[C@H](C)NC(=O)c1ccccc1NC(=O)[C@@H](CC)Oc1ccc(OC)cc1. The molecule has 28 heavy (non-hydrogen) atoms. The fraction of sp³-hybridized carbons (Fsp3) is 0.364. The summed E-state index contributed by atoms with van der Waals surface area (Å²) in [7, 11) is 1.59. The van der Waals surface area contributed by atoms with E-state index in [1.165, 1.54) is 0 Å². The second kappa shape index (κ2) is 10.3. The summed E-state index contributed by atoms with van der Waals surface area (Å²) in [5.41, 5.74) is 0.889. The summed E-state index contributed by atoms with van der Waals surface area (Å²) in [6, 6.07) is 14.1. The van der Waals surface area contributed by atoms with Gasteiger partial charge >= 0.3 is 0 Å². The van der Waals surface area contributed by atoms with E-state index < -0.39 is 6.10 Å². The van der Waals surface area contributed by atoms with Gasteiger partial charge in [-0.1, -0.05) is 26.0 Å². The lowest BCUT2D eigenvalue weighted by atomic mass is 10.1. The third kappa shape index (κ3) is 5.74. The molecule has 6 nitrogen and oxygen atoms in total. The van der Waals surface area contributed by atoms with Crippen LogP contribution < -0.4 is 20.1 Å². The van der Waals surface area contributed by atoms with Gasteiger partial charge in [0, 0.05) is 6.04 Å². The molecule has 0 bridgehead atoms. The van der Waals surface area contributed by atoms with E-state index in [9.17, 15) is 9.59 Å². The number of carbonyl (C=O) groups is 2. The van der Waals surface area contributed by atoms with Crippen molar-refractivity contribution in [3.8, 4) is 11.5 Å². The molecule has 0 aliphatic rings. The van der Waals surface area contributed by atoms with Gasteiger partial charge in [-0.25, -0.2) is 0 Å². The molecule has 2 atom stereocenters. The molecule has 0 aliphatic carbocycles. The summed E-state index contributed by atoms with van der Waals surface area (Å²) < 4.78 is 10.9. The fourth-order valence-corrected chi connectivity index (χ4v) is 2.55. The minimum absolute atomic E-state index is 0.0538. The first-order chi connectivity index (χ1) is 13.5. The van der Waals surface area contributed by atoms with E-state index >= 15 is 0 Å². The number of methoxy groups -OCH3 is 1. The van der Waals surface area contributed by atoms with Crippen LogP contribution in [-0.2, 0) is 4.79 Å². The predicted octanol–water partition coefficient (Wildman–Crippen LogP) is 4.02. The lowest BCUT2D eigenvalue weighted by molar-refractivity contribution is -0.122. The summed E-state index contributed by atoms with van der Waals surface area (Å²) in [5.74, 6) is 0.771. The highest BCUT2D eigenvalue weighted by molar-refractivity contribution is 6.04. The number of rotatable bonds is 9. The van der Waals surface area contributed by atoms with E-state index in [0.717, 1.165) is 6.42 Å². The predicted molar refractivity (Wildman–Crippen MR) is 110 cm³/mol. The van der Waals surface area contributed by atoms with Crippen LogP contribution in [-0.4, -0.2) is 31.1 Å². The van der Waals surface area contributed by atoms with Crippen molar-refractivity contribution in [3.63, 3.8) is 0 Å². The monoisotopic (exact) mass is 384 g/mol. The van der Waals surface area contributed by atoms with E-state index in [4.69, 9.17) is 9.47 Å². The first-order valence-corrected chi connectivity index (χ1v) is 9.49. The molecular formula is C22H28N2O4. The van der Waals surface area contributed by atoms with Gasteiger partial charge in [-0.15, -0.1) is 0 Å². The van der Waals surface area contributed by atoms with E-state index in [1.54, 1.807) is 55.6 Å². The Kier molecular flexibility index (Phi) is 7.87. The topological polar surface area (TPSA) is 76.7 Å². The second-order valence-electron chi connectivity index (χ2n) is 6.51. The largest absolute Gasteiger partial charge is 0.497 e. The highest BCUT2D eigenvalue weighted by Gasteiger charge is 2.21. The summed E-state index contributed by atoms with van der Waals surface area (Å²) in [6.07, 6.45) is 0.631. The number of para-hydroxylation sites is 1. The smallest absolute Gasteiger partial charge is 0.265 e. The lowest BCUT2D eigenvalue weighted by Crippen LogP contribution is -2.35. The molecule has 0 heterocycles. The van der Waals surface area contributed by atoms with Gasteiger partial charge in [0.25, 0.3) is 11.8 Å². The molecule has 0 fully saturated rings. The van der Waals surface area contributed by atoms with Crippen LogP contribution in [0.25, 0.3) is 0 Å².